The third kappa shape index (κ3) is 7.04. The number of hydrogen-bond donors (Lipinski definition) is 3. The monoisotopic (exact) mass is 484 g/mol. The Balaban J connectivity index is 1.73. The van der Waals surface area contributed by atoms with E-state index >= 15 is 0 Å². The highest BCUT2D eigenvalue weighted by Crippen LogP contribution is 2.22. The molecule has 1 aromatic heterocycles. The largest absolute Gasteiger partial charge is 0.345 e. The van der Waals surface area contributed by atoms with Crippen molar-refractivity contribution in [2.24, 2.45) is 0 Å². The molecule has 0 spiro atoms. The summed E-state index contributed by atoms with van der Waals surface area (Å²) in [4.78, 5) is 50.8. The Morgan fingerprint density at radius 3 is 2.69 bits per heavy atom. The average Bonchev–Trinajstić information content (AvgIpc) is 3.28. The summed E-state index contributed by atoms with van der Waals surface area (Å²) >= 11 is 0. The number of nitrogens with one attached hydrogen (secondary N) is 3. The van der Waals surface area contributed by atoms with Crippen LogP contribution in [-0.2, 0) is 14.4 Å². The molecule has 0 saturated carbocycles. The highest BCUT2D eigenvalue weighted by molar-refractivity contribution is 5.92. The Labute approximate surface area is 208 Å². The van der Waals surface area contributed by atoms with Gasteiger partial charge in [-0.25, -0.2) is 4.98 Å². The number of likely N-dealkylation sites (tertiary alicyclic amines) is 1. The van der Waals surface area contributed by atoms with E-state index in [0.717, 1.165) is 42.3 Å². The minimum absolute atomic E-state index is 0.0536. The van der Waals surface area contributed by atoms with Crippen molar-refractivity contribution < 1.29 is 14.4 Å². The van der Waals surface area contributed by atoms with Crippen LogP contribution in [0.2, 0.25) is 0 Å². The maximum Gasteiger partial charge on any atom is 0.243 e. The number of hydrogen-bond acceptors (Lipinski definition) is 5. The Morgan fingerprint density at radius 1 is 1.23 bits per heavy atom. The molecule has 1 aromatic carbocycles. The second-order valence-electron chi connectivity index (χ2n) is 9.85. The van der Waals surface area contributed by atoms with Crippen LogP contribution in [0.15, 0.2) is 18.2 Å². The Morgan fingerprint density at radius 2 is 2.00 bits per heavy atom. The first-order valence-electron chi connectivity index (χ1n) is 12.7. The number of H-pyrrole nitrogens is 1. The summed E-state index contributed by atoms with van der Waals surface area (Å²) in [5.41, 5.74) is 2.82. The minimum Gasteiger partial charge on any atom is -0.345 e. The molecule has 3 amide bonds. The summed E-state index contributed by atoms with van der Waals surface area (Å²) in [5.74, 6) is -0.0824. The molecule has 3 rings (SSSR count). The molecule has 1 fully saturated rings. The summed E-state index contributed by atoms with van der Waals surface area (Å²) < 4.78 is 0. The molecular weight excluding hydrogens is 444 g/mol. The molecule has 35 heavy (non-hydrogen) atoms. The third-order valence-electron chi connectivity index (χ3n) is 6.74. The van der Waals surface area contributed by atoms with Gasteiger partial charge in [-0.15, -0.1) is 0 Å². The number of imidazole rings is 1. The molecule has 3 atom stereocenters. The van der Waals surface area contributed by atoms with Gasteiger partial charge in [-0.1, -0.05) is 19.1 Å². The van der Waals surface area contributed by atoms with E-state index in [-0.39, 0.29) is 36.6 Å². The van der Waals surface area contributed by atoms with Gasteiger partial charge in [0, 0.05) is 25.6 Å². The quantitative estimate of drug-likeness (QED) is 0.480. The van der Waals surface area contributed by atoms with Gasteiger partial charge in [-0.2, -0.15) is 0 Å². The molecule has 0 radical (unpaired) electrons. The van der Waals surface area contributed by atoms with E-state index in [1.165, 1.54) is 0 Å². The van der Waals surface area contributed by atoms with Gasteiger partial charge >= 0.3 is 0 Å². The second kappa shape index (κ2) is 12.2. The number of aromatic amines is 1. The van der Waals surface area contributed by atoms with E-state index in [4.69, 9.17) is 0 Å². The molecule has 9 heteroatoms. The number of nitrogens with zero attached hydrogens (tertiary/aromatic N) is 3. The fourth-order valence-corrected chi connectivity index (χ4v) is 4.63. The van der Waals surface area contributed by atoms with Crippen LogP contribution in [-0.4, -0.2) is 76.8 Å². The number of para-hydroxylation sites is 1. The lowest BCUT2D eigenvalue weighted by Crippen LogP contribution is -2.52. The van der Waals surface area contributed by atoms with Gasteiger partial charge in [0.1, 0.15) is 11.9 Å². The molecule has 1 aliphatic heterocycles. The maximum atomic E-state index is 13.3. The number of aromatic nitrogens is 2. The summed E-state index contributed by atoms with van der Waals surface area (Å²) in [6, 6.07) is 4.74. The number of carbonyl (C=O) groups excluding carboxylic acids is 3. The zero-order chi connectivity index (χ0) is 25.5. The zero-order valence-electron chi connectivity index (χ0n) is 21.7. The van der Waals surface area contributed by atoms with Crippen molar-refractivity contribution in [3.05, 3.63) is 29.6 Å². The molecule has 0 aliphatic carbocycles. The molecular formula is C26H40N6O3. The number of fused-ring (bicyclic) bond motifs is 1. The molecule has 0 bridgehead atoms. The van der Waals surface area contributed by atoms with Crippen molar-refractivity contribution in [2.75, 3.05) is 27.2 Å². The molecule has 2 aromatic rings. The number of piperidine rings is 1. The van der Waals surface area contributed by atoms with Crippen molar-refractivity contribution >= 4 is 28.8 Å². The predicted molar refractivity (Wildman–Crippen MR) is 137 cm³/mol. The van der Waals surface area contributed by atoms with Crippen molar-refractivity contribution in [3.8, 4) is 0 Å². The molecule has 2 heterocycles. The van der Waals surface area contributed by atoms with Crippen LogP contribution < -0.4 is 10.6 Å². The van der Waals surface area contributed by atoms with Crippen LogP contribution in [0.4, 0.5) is 0 Å². The van der Waals surface area contributed by atoms with Gasteiger partial charge in [-0.05, 0) is 65.3 Å². The van der Waals surface area contributed by atoms with Gasteiger partial charge in [0.2, 0.25) is 17.7 Å². The Kier molecular flexibility index (Phi) is 9.26. The van der Waals surface area contributed by atoms with E-state index in [1.807, 2.05) is 55.9 Å². The van der Waals surface area contributed by atoms with Crippen molar-refractivity contribution in [1.82, 2.24) is 30.4 Å². The first kappa shape index (κ1) is 26.7. The number of benzene rings is 1. The van der Waals surface area contributed by atoms with Crippen LogP contribution in [0, 0.1) is 6.92 Å². The Hall–Kier alpha value is -2.94. The highest BCUT2D eigenvalue weighted by Gasteiger charge is 2.31. The van der Waals surface area contributed by atoms with E-state index in [2.05, 4.69) is 27.5 Å². The van der Waals surface area contributed by atoms with Crippen LogP contribution in [0.3, 0.4) is 0 Å². The summed E-state index contributed by atoms with van der Waals surface area (Å²) in [5, 5.41) is 5.76. The minimum atomic E-state index is -0.940. The lowest BCUT2D eigenvalue weighted by Gasteiger charge is -2.36. The molecule has 1 saturated heterocycles. The predicted octanol–water partition coefficient (Wildman–Crippen LogP) is 2.67. The second-order valence-corrected chi connectivity index (χ2v) is 9.85. The summed E-state index contributed by atoms with van der Waals surface area (Å²) in [6.07, 6.45) is 4.16. The maximum absolute atomic E-state index is 13.3. The first-order valence-corrected chi connectivity index (χ1v) is 12.7. The van der Waals surface area contributed by atoms with Crippen LogP contribution in [0.1, 0.15) is 69.8 Å². The van der Waals surface area contributed by atoms with Crippen LogP contribution in [0.25, 0.3) is 11.0 Å². The number of rotatable bonds is 10. The highest BCUT2D eigenvalue weighted by atomic mass is 16.2. The number of amides is 3. The SMILES string of the molecule is CC[C@H]1CCCCN1C(=O)C[C@H](NC(=O)CCN(C)C)C(=O)N[C@@H](C)c1nc2c(C)cccc2[nH]1. The topological polar surface area (TPSA) is 110 Å². The van der Waals surface area contributed by atoms with E-state index in [9.17, 15) is 14.4 Å². The van der Waals surface area contributed by atoms with E-state index in [1.54, 1.807) is 0 Å². The zero-order valence-corrected chi connectivity index (χ0v) is 21.7. The van der Waals surface area contributed by atoms with Crippen molar-refractivity contribution in [2.45, 2.75) is 77.4 Å². The van der Waals surface area contributed by atoms with Crippen LogP contribution in [0.5, 0.6) is 0 Å². The molecule has 3 N–H and O–H groups in total. The molecule has 1 aliphatic rings. The van der Waals surface area contributed by atoms with Gasteiger partial charge in [0.25, 0.3) is 0 Å². The van der Waals surface area contributed by atoms with Crippen LogP contribution >= 0.6 is 0 Å². The fraction of sp³-hybridized carbons (Fsp3) is 0.615. The lowest BCUT2D eigenvalue weighted by molar-refractivity contribution is -0.139. The van der Waals surface area contributed by atoms with Crippen molar-refractivity contribution in [1.29, 1.82) is 0 Å². The van der Waals surface area contributed by atoms with E-state index in [0.29, 0.717) is 18.9 Å². The first-order chi connectivity index (χ1) is 16.7. The Bertz CT molecular complexity index is 1030. The normalized spacial score (nSPS) is 17.9. The van der Waals surface area contributed by atoms with Crippen molar-refractivity contribution in [3.63, 3.8) is 0 Å². The van der Waals surface area contributed by atoms with Gasteiger partial charge in [-0.3, -0.25) is 14.4 Å². The third-order valence-corrected chi connectivity index (χ3v) is 6.74. The summed E-state index contributed by atoms with van der Waals surface area (Å²) in [6.45, 7) is 7.18. The molecule has 0 unspecified atom stereocenters. The average molecular weight is 485 g/mol. The standard InChI is InChI=1S/C26H40N6O3/c1-6-19-11-7-8-14-32(19)23(34)16-21(28-22(33)13-15-31(4)5)26(35)27-18(3)25-29-20-12-9-10-17(2)24(20)30-25/h9-10,12,18-19,21H,6-8,11,13-16H2,1-5H3,(H,27,35)(H,28,33)(H,29,30)/t18-,19-,21-/m0/s1. The van der Waals surface area contributed by atoms with Gasteiger partial charge < -0.3 is 25.4 Å². The van der Waals surface area contributed by atoms with E-state index < -0.39 is 12.1 Å². The fourth-order valence-electron chi connectivity index (χ4n) is 4.63. The smallest absolute Gasteiger partial charge is 0.243 e. The summed E-state index contributed by atoms with van der Waals surface area (Å²) in [7, 11) is 3.78. The molecule has 192 valence electrons. The lowest BCUT2D eigenvalue weighted by atomic mass is 9.99. The number of aryl methyl sites for hydroxylation is 1. The molecule has 9 nitrogen and oxygen atoms in total. The van der Waals surface area contributed by atoms with Gasteiger partial charge in [0.15, 0.2) is 0 Å². The van der Waals surface area contributed by atoms with Gasteiger partial charge in [0.05, 0.1) is 23.5 Å². The number of carbonyl (C=O) groups is 3.